The fourth-order valence-electron chi connectivity index (χ4n) is 0.819. The second-order valence-electron chi connectivity index (χ2n) is 2.28. The summed E-state index contributed by atoms with van der Waals surface area (Å²) in [4.78, 5) is 8.00. The van der Waals surface area contributed by atoms with Crippen molar-refractivity contribution in [1.29, 1.82) is 0 Å². The predicted molar refractivity (Wildman–Crippen MR) is 45.4 cm³/mol. The van der Waals surface area contributed by atoms with Gasteiger partial charge in [0.15, 0.2) is 0 Å². The van der Waals surface area contributed by atoms with Crippen molar-refractivity contribution in [3.63, 3.8) is 0 Å². The van der Waals surface area contributed by atoms with Crippen LogP contribution in [-0.2, 0) is 6.42 Å². The van der Waals surface area contributed by atoms with Gasteiger partial charge in [0, 0.05) is 12.5 Å². The Morgan fingerprint density at radius 1 is 1.55 bits per heavy atom. The number of hydrogen-bond donors (Lipinski definition) is 1. The van der Waals surface area contributed by atoms with Crippen molar-refractivity contribution in [2.75, 3.05) is 5.73 Å². The number of rotatable bonds is 2. The van der Waals surface area contributed by atoms with Gasteiger partial charge in [0.2, 0.25) is 0 Å². The molecule has 0 saturated carbocycles. The maximum absolute atomic E-state index is 5.65. The fourth-order valence-corrected chi connectivity index (χ4v) is 1.03. The molecule has 1 heterocycles. The summed E-state index contributed by atoms with van der Waals surface area (Å²) in [5.41, 5.74) is 5.45. The Morgan fingerprint density at radius 2 is 2.27 bits per heavy atom. The average Bonchev–Trinajstić information content (AvgIpc) is 1.85. The van der Waals surface area contributed by atoms with Crippen molar-refractivity contribution in [1.82, 2.24) is 9.97 Å². The molecule has 0 aliphatic heterocycles. The lowest BCUT2D eigenvalue weighted by atomic mass is 10.3. The van der Waals surface area contributed by atoms with E-state index in [4.69, 9.17) is 17.3 Å². The number of nitrogen functional groups attached to an aromatic ring is 1. The van der Waals surface area contributed by atoms with E-state index in [9.17, 15) is 0 Å². The molecular weight excluding hydrogens is 162 g/mol. The van der Waals surface area contributed by atoms with E-state index in [2.05, 4.69) is 16.9 Å². The minimum atomic E-state index is 0.418. The molecule has 0 radical (unpaired) electrons. The minimum absolute atomic E-state index is 0.418. The van der Waals surface area contributed by atoms with Crippen LogP contribution in [0, 0.1) is 0 Å². The maximum Gasteiger partial charge on any atom is 0.134 e. The highest BCUT2D eigenvalue weighted by Crippen LogP contribution is 2.09. The van der Waals surface area contributed by atoms with Crippen molar-refractivity contribution in [2.45, 2.75) is 19.8 Å². The number of aryl methyl sites for hydroxylation is 1. The van der Waals surface area contributed by atoms with Crippen molar-refractivity contribution < 1.29 is 0 Å². The third kappa shape index (κ3) is 2.35. The molecule has 0 bridgehead atoms. The molecule has 0 aliphatic carbocycles. The summed E-state index contributed by atoms with van der Waals surface area (Å²) < 4.78 is 0. The number of anilines is 1. The Labute approximate surface area is 70.6 Å². The summed E-state index contributed by atoms with van der Waals surface area (Å²) in [5, 5.41) is 0.418. The van der Waals surface area contributed by atoms with Crippen molar-refractivity contribution in [3.05, 3.63) is 17.0 Å². The highest BCUT2D eigenvalue weighted by Gasteiger charge is 1.98. The van der Waals surface area contributed by atoms with Crippen LogP contribution in [0.15, 0.2) is 6.07 Å². The van der Waals surface area contributed by atoms with Gasteiger partial charge < -0.3 is 5.73 Å². The van der Waals surface area contributed by atoms with Gasteiger partial charge in [-0.1, -0.05) is 18.5 Å². The molecule has 3 nitrogen and oxygen atoms in total. The van der Waals surface area contributed by atoms with E-state index >= 15 is 0 Å². The monoisotopic (exact) mass is 171 g/mol. The normalized spacial score (nSPS) is 10.0. The zero-order valence-electron chi connectivity index (χ0n) is 6.34. The molecule has 0 spiro atoms. The lowest BCUT2D eigenvalue weighted by Gasteiger charge is -1.98. The quantitative estimate of drug-likeness (QED) is 0.689. The van der Waals surface area contributed by atoms with Gasteiger partial charge in [-0.3, -0.25) is 0 Å². The van der Waals surface area contributed by atoms with Crippen LogP contribution in [0.3, 0.4) is 0 Å². The SMILES string of the molecule is CCCc1nc(N)cc(Cl)n1. The van der Waals surface area contributed by atoms with Crippen molar-refractivity contribution >= 4 is 17.4 Å². The zero-order valence-corrected chi connectivity index (χ0v) is 7.10. The first-order valence-corrected chi connectivity index (χ1v) is 3.89. The van der Waals surface area contributed by atoms with Gasteiger partial charge in [-0.05, 0) is 6.42 Å². The summed E-state index contributed by atoms with van der Waals surface area (Å²) in [6, 6.07) is 1.54. The second kappa shape index (κ2) is 3.53. The number of hydrogen-bond acceptors (Lipinski definition) is 3. The molecule has 1 aromatic rings. The topological polar surface area (TPSA) is 51.8 Å². The van der Waals surface area contributed by atoms with Crippen LogP contribution in [0.5, 0.6) is 0 Å². The van der Waals surface area contributed by atoms with Gasteiger partial charge in [0.1, 0.15) is 16.8 Å². The van der Waals surface area contributed by atoms with Crippen LogP contribution < -0.4 is 5.73 Å². The number of nitrogens with zero attached hydrogens (tertiary/aromatic N) is 2. The van der Waals surface area contributed by atoms with Crippen LogP contribution in [0.1, 0.15) is 19.2 Å². The molecule has 0 amide bonds. The zero-order chi connectivity index (χ0) is 8.27. The first-order chi connectivity index (χ1) is 5.22. The molecule has 11 heavy (non-hydrogen) atoms. The minimum Gasteiger partial charge on any atom is -0.384 e. The number of nitrogens with two attached hydrogens (primary N) is 1. The van der Waals surface area contributed by atoms with E-state index in [0.29, 0.717) is 11.0 Å². The summed E-state index contributed by atoms with van der Waals surface area (Å²) in [6.07, 6.45) is 1.82. The predicted octanol–water partition coefficient (Wildman–Crippen LogP) is 1.66. The van der Waals surface area contributed by atoms with Gasteiger partial charge in [0.25, 0.3) is 0 Å². The van der Waals surface area contributed by atoms with E-state index in [1.807, 2.05) is 0 Å². The average molecular weight is 172 g/mol. The summed E-state index contributed by atoms with van der Waals surface area (Å²) >= 11 is 5.65. The molecule has 0 atom stereocenters. The highest BCUT2D eigenvalue weighted by molar-refractivity contribution is 6.29. The van der Waals surface area contributed by atoms with Crippen LogP contribution >= 0.6 is 11.6 Å². The van der Waals surface area contributed by atoms with E-state index in [-0.39, 0.29) is 0 Å². The first-order valence-electron chi connectivity index (χ1n) is 3.51. The van der Waals surface area contributed by atoms with Gasteiger partial charge in [-0.15, -0.1) is 0 Å². The summed E-state index contributed by atoms with van der Waals surface area (Å²) in [6.45, 7) is 2.06. The Kier molecular flexibility index (Phi) is 2.65. The van der Waals surface area contributed by atoms with E-state index in [0.717, 1.165) is 18.7 Å². The van der Waals surface area contributed by atoms with E-state index in [1.54, 1.807) is 6.07 Å². The van der Waals surface area contributed by atoms with Gasteiger partial charge in [0.05, 0.1) is 0 Å². The smallest absolute Gasteiger partial charge is 0.134 e. The molecule has 2 N–H and O–H groups in total. The molecule has 0 aliphatic rings. The highest BCUT2D eigenvalue weighted by atomic mass is 35.5. The summed E-state index contributed by atoms with van der Waals surface area (Å²) in [5.74, 6) is 1.16. The van der Waals surface area contributed by atoms with Gasteiger partial charge >= 0.3 is 0 Å². The van der Waals surface area contributed by atoms with Crippen molar-refractivity contribution in [2.24, 2.45) is 0 Å². The first kappa shape index (κ1) is 8.27. The van der Waals surface area contributed by atoms with Crippen LogP contribution in [0.25, 0.3) is 0 Å². The molecule has 4 heteroatoms. The molecule has 0 saturated heterocycles. The molecular formula is C7H10ClN3. The van der Waals surface area contributed by atoms with E-state index < -0.39 is 0 Å². The number of aromatic nitrogens is 2. The lowest BCUT2D eigenvalue weighted by Crippen LogP contribution is -1.98. The summed E-state index contributed by atoms with van der Waals surface area (Å²) in [7, 11) is 0. The molecule has 60 valence electrons. The van der Waals surface area contributed by atoms with Crippen LogP contribution in [0.2, 0.25) is 5.15 Å². The van der Waals surface area contributed by atoms with Crippen LogP contribution in [0.4, 0.5) is 5.82 Å². The third-order valence-corrected chi connectivity index (χ3v) is 1.43. The largest absolute Gasteiger partial charge is 0.384 e. The van der Waals surface area contributed by atoms with Crippen LogP contribution in [-0.4, -0.2) is 9.97 Å². The Bertz CT molecular complexity index is 229. The fraction of sp³-hybridized carbons (Fsp3) is 0.429. The number of halogens is 1. The van der Waals surface area contributed by atoms with Gasteiger partial charge in [-0.2, -0.15) is 0 Å². The molecule has 0 unspecified atom stereocenters. The van der Waals surface area contributed by atoms with Crippen molar-refractivity contribution in [3.8, 4) is 0 Å². The third-order valence-electron chi connectivity index (χ3n) is 1.23. The maximum atomic E-state index is 5.65. The molecule has 0 aromatic carbocycles. The second-order valence-corrected chi connectivity index (χ2v) is 2.67. The Balaban J connectivity index is 2.89. The Hall–Kier alpha value is -0.830. The lowest BCUT2D eigenvalue weighted by molar-refractivity contribution is 0.837. The standard InChI is InChI=1S/C7H10ClN3/c1-2-3-7-10-5(8)4-6(9)11-7/h4H,2-3H2,1H3,(H2,9,10,11). The Morgan fingerprint density at radius 3 is 2.82 bits per heavy atom. The molecule has 1 rings (SSSR count). The van der Waals surface area contributed by atoms with E-state index in [1.165, 1.54) is 0 Å². The van der Waals surface area contributed by atoms with Gasteiger partial charge in [-0.25, -0.2) is 9.97 Å². The molecule has 0 fully saturated rings. The molecule has 1 aromatic heterocycles.